The predicted octanol–water partition coefficient (Wildman–Crippen LogP) is 3.23. The van der Waals surface area contributed by atoms with Gasteiger partial charge in [0, 0.05) is 25.3 Å². The number of amides is 1. The van der Waals surface area contributed by atoms with Crippen molar-refractivity contribution in [2.24, 2.45) is 0 Å². The Bertz CT molecular complexity index is 1030. The summed E-state index contributed by atoms with van der Waals surface area (Å²) in [5, 5.41) is 14.0. The third kappa shape index (κ3) is 4.23. The number of aromatic hydroxyl groups is 1. The number of aromatic amines is 1. The van der Waals surface area contributed by atoms with E-state index in [0.29, 0.717) is 13.0 Å². The van der Waals surface area contributed by atoms with Gasteiger partial charge in [-0.3, -0.25) is 4.79 Å². The molecule has 1 aliphatic rings. The van der Waals surface area contributed by atoms with Gasteiger partial charge in [-0.05, 0) is 55.5 Å². The number of phenolic OH excluding ortho intramolecular Hbond substituents is 1. The molecule has 0 saturated carbocycles. The summed E-state index contributed by atoms with van der Waals surface area (Å²) in [6.07, 6.45) is 9.57. The minimum Gasteiger partial charge on any atom is -0.508 e. The SMILES string of the molecule is CC=CC(=O)N1CCC[C@@H](Nc2ncnc3[nH]cc(Cc4ccc(O)cc4)c23)C1. The zero-order valence-corrected chi connectivity index (χ0v) is 16.4. The van der Waals surface area contributed by atoms with Crippen molar-refractivity contribution in [3.63, 3.8) is 0 Å². The van der Waals surface area contributed by atoms with E-state index >= 15 is 0 Å². The monoisotopic (exact) mass is 391 g/mol. The summed E-state index contributed by atoms with van der Waals surface area (Å²) < 4.78 is 0. The molecule has 1 amide bonds. The summed E-state index contributed by atoms with van der Waals surface area (Å²) in [5.41, 5.74) is 2.97. The minimum absolute atomic E-state index is 0.0569. The molecule has 3 heterocycles. The van der Waals surface area contributed by atoms with Crippen molar-refractivity contribution in [3.05, 3.63) is 60.1 Å². The number of anilines is 1. The molecule has 1 aliphatic heterocycles. The van der Waals surface area contributed by atoms with Gasteiger partial charge < -0.3 is 20.3 Å². The number of carbonyl (C=O) groups is 1. The number of likely N-dealkylation sites (tertiary alicyclic amines) is 1. The quantitative estimate of drug-likeness (QED) is 0.581. The maximum atomic E-state index is 12.2. The van der Waals surface area contributed by atoms with E-state index in [1.165, 1.54) is 0 Å². The first kappa shape index (κ1) is 19.0. The van der Waals surface area contributed by atoms with Gasteiger partial charge in [0.05, 0.1) is 5.39 Å². The molecule has 1 aromatic carbocycles. The van der Waals surface area contributed by atoms with Crippen molar-refractivity contribution in [1.29, 1.82) is 0 Å². The second-order valence-electron chi connectivity index (χ2n) is 7.37. The van der Waals surface area contributed by atoms with E-state index in [1.807, 2.05) is 30.2 Å². The van der Waals surface area contributed by atoms with E-state index in [-0.39, 0.29) is 17.7 Å². The van der Waals surface area contributed by atoms with Gasteiger partial charge in [-0.2, -0.15) is 0 Å². The molecule has 29 heavy (non-hydrogen) atoms. The maximum absolute atomic E-state index is 12.2. The smallest absolute Gasteiger partial charge is 0.246 e. The molecule has 150 valence electrons. The average Bonchev–Trinajstić information content (AvgIpc) is 3.14. The fraction of sp³-hybridized carbons (Fsp3) is 0.318. The number of piperidine rings is 1. The van der Waals surface area contributed by atoms with Crippen LogP contribution in [0, 0.1) is 0 Å². The van der Waals surface area contributed by atoms with Gasteiger partial charge in [-0.15, -0.1) is 0 Å². The van der Waals surface area contributed by atoms with E-state index in [0.717, 1.165) is 47.4 Å². The average molecular weight is 391 g/mol. The topological polar surface area (TPSA) is 94.1 Å². The lowest BCUT2D eigenvalue weighted by atomic mass is 10.0. The molecule has 0 radical (unpaired) electrons. The molecular weight excluding hydrogens is 366 g/mol. The third-order valence-electron chi connectivity index (χ3n) is 5.27. The number of benzene rings is 1. The van der Waals surface area contributed by atoms with Crippen LogP contribution in [0.5, 0.6) is 5.75 Å². The normalized spacial score (nSPS) is 17.1. The second kappa shape index (κ2) is 8.34. The van der Waals surface area contributed by atoms with Crippen LogP contribution in [0.4, 0.5) is 5.82 Å². The van der Waals surface area contributed by atoms with E-state index in [9.17, 15) is 9.90 Å². The van der Waals surface area contributed by atoms with Gasteiger partial charge in [0.1, 0.15) is 23.5 Å². The van der Waals surface area contributed by atoms with Gasteiger partial charge in [0.15, 0.2) is 0 Å². The highest BCUT2D eigenvalue weighted by Gasteiger charge is 2.23. The van der Waals surface area contributed by atoms with Crippen molar-refractivity contribution in [1.82, 2.24) is 19.9 Å². The first-order valence-corrected chi connectivity index (χ1v) is 9.91. The van der Waals surface area contributed by atoms with Crippen LogP contribution >= 0.6 is 0 Å². The molecule has 0 bridgehead atoms. The summed E-state index contributed by atoms with van der Waals surface area (Å²) >= 11 is 0. The van der Waals surface area contributed by atoms with Crippen LogP contribution in [0.1, 0.15) is 30.9 Å². The van der Waals surface area contributed by atoms with Gasteiger partial charge in [-0.1, -0.05) is 18.2 Å². The Kier molecular flexibility index (Phi) is 5.46. The lowest BCUT2D eigenvalue weighted by molar-refractivity contribution is -0.127. The van der Waals surface area contributed by atoms with Crippen molar-refractivity contribution in [3.8, 4) is 5.75 Å². The lowest BCUT2D eigenvalue weighted by Crippen LogP contribution is -2.44. The summed E-state index contributed by atoms with van der Waals surface area (Å²) in [4.78, 5) is 26.2. The van der Waals surface area contributed by atoms with Gasteiger partial charge >= 0.3 is 0 Å². The Morgan fingerprint density at radius 1 is 1.34 bits per heavy atom. The van der Waals surface area contributed by atoms with Crippen LogP contribution in [0.25, 0.3) is 11.0 Å². The molecule has 3 aromatic rings. The van der Waals surface area contributed by atoms with Crippen molar-refractivity contribution >= 4 is 22.8 Å². The van der Waals surface area contributed by atoms with Crippen LogP contribution in [0.2, 0.25) is 0 Å². The van der Waals surface area contributed by atoms with E-state index < -0.39 is 0 Å². The molecule has 7 heteroatoms. The van der Waals surface area contributed by atoms with Gasteiger partial charge in [-0.25, -0.2) is 9.97 Å². The Hall–Kier alpha value is -3.35. The molecule has 0 spiro atoms. The molecule has 7 nitrogen and oxygen atoms in total. The molecule has 1 atom stereocenters. The zero-order chi connectivity index (χ0) is 20.2. The molecule has 4 rings (SSSR count). The Labute approximate surface area is 169 Å². The van der Waals surface area contributed by atoms with E-state index in [2.05, 4.69) is 20.3 Å². The standard InChI is InChI=1S/C22H25N5O2/c1-2-4-19(29)27-10-3-5-17(13-27)26-22-20-16(12-23-21(20)24-14-25-22)11-15-6-8-18(28)9-7-15/h2,4,6-9,12,14,17,28H,3,5,10-11,13H2,1H3,(H2,23,24,25,26)/t17-/m1/s1. The first-order valence-electron chi connectivity index (χ1n) is 9.91. The highest BCUT2D eigenvalue weighted by molar-refractivity contribution is 5.91. The Morgan fingerprint density at radius 3 is 2.97 bits per heavy atom. The number of rotatable bonds is 5. The predicted molar refractivity (Wildman–Crippen MR) is 113 cm³/mol. The number of nitrogens with zero attached hydrogens (tertiary/aromatic N) is 3. The van der Waals surface area contributed by atoms with Crippen LogP contribution in [-0.2, 0) is 11.2 Å². The highest BCUT2D eigenvalue weighted by atomic mass is 16.3. The molecule has 2 aromatic heterocycles. The minimum atomic E-state index is 0.0569. The third-order valence-corrected chi connectivity index (χ3v) is 5.27. The second-order valence-corrected chi connectivity index (χ2v) is 7.37. The first-order chi connectivity index (χ1) is 14.1. The molecular formula is C22H25N5O2. The van der Waals surface area contributed by atoms with Crippen LogP contribution in [0.15, 0.2) is 48.9 Å². The summed E-state index contributed by atoms with van der Waals surface area (Å²) in [6, 6.07) is 7.36. The highest BCUT2D eigenvalue weighted by Crippen LogP contribution is 2.27. The number of hydrogen-bond acceptors (Lipinski definition) is 5. The van der Waals surface area contributed by atoms with Crippen LogP contribution in [0.3, 0.4) is 0 Å². The van der Waals surface area contributed by atoms with Crippen molar-refractivity contribution in [2.75, 3.05) is 18.4 Å². The van der Waals surface area contributed by atoms with Crippen molar-refractivity contribution < 1.29 is 9.90 Å². The maximum Gasteiger partial charge on any atom is 0.246 e. The van der Waals surface area contributed by atoms with Crippen LogP contribution < -0.4 is 5.32 Å². The number of allylic oxidation sites excluding steroid dienone is 1. The van der Waals surface area contributed by atoms with Crippen molar-refractivity contribution in [2.45, 2.75) is 32.2 Å². The number of carbonyl (C=O) groups excluding carboxylic acids is 1. The molecule has 1 fully saturated rings. The van der Waals surface area contributed by atoms with E-state index in [1.54, 1.807) is 30.6 Å². The molecule has 1 saturated heterocycles. The number of nitrogens with one attached hydrogen (secondary N) is 2. The summed E-state index contributed by atoms with van der Waals surface area (Å²) in [6.45, 7) is 3.31. The Morgan fingerprint density at radius 2 is 2.17 bits per heavy atom. The fourth-order valence-electron chi connectivity index (χ4n) is 3.85. The zero-order valence-electron chi connectivity index (χ0n) is 16.4. The number of phenols is 1. The molecule has 0 unspecified atom stereocenters. The molecule has 3 N–H and O–H groups in total. The fourth-order valence-corrected chi connectivity index (χ4v) is 3.85. The number of aromatic nitrogens is 3. The lowest BCUT2D eigenvalue weighted by Gasteiger charge is -2.33. The van der Waals surface area contributed by atoms with E-state index in [4.69, 9.17) is 0 Å². The van der Waals surface area contributed by atoms with Crippen LogP contribution in [-0.4, -0.2) is 50.0 Å². The molecule has 0 aliphatic carbocycles. The van der Waals surface area contributed by atoms with Gasteiger partial charge in [0.2, 0.25) is 5.91 Å². The summed E-state index contributed by atoms with van der Waals surface area (Å²) in [7, 11) is 0. The number of fused-ring (bicyclic) bond motifs is 1. The number of H-pyrrole nitrogens is 1. The largest absolute Gasteiger partial charge is 0.508 e. The summed E-state index contributed by atoms with van der Waals surface area (Å²) in [5.74, 6) is 1.10. The number of hydrogen-bond donors (Lipinski definition) is 3. The Balaban J connectivity index is 1.56. The van der Waals surface area contributed by atoms with Gasteiger partial charge in [0.25, 0.3) is 0 Å².